The summed E-state index contributed by atoms with van der Waals surface area (Å²) < 4.78 is 1.00. The number of nitrogens with one attached hydrogen (secondary N) is 2. The van der Waals surface area contributed by atoms with E-state index in [0.717, 1.165) is 28.6 Å². The van der Waals surface area contributed by atoms with Crippen LogP contribution in [0.15, 0.2) is 24.3 Å². The zero-order valence-electron chi connectivity index (χ0n) is 9.71. The fourth-order valence-corrected chi connectivity index (χ4v) is 2.74. The van der Waals surface area contributed by atoms with E-state index in [2.05, 4.69) is 33.2 Å². The standard InChI is InChI=1S/C13H17IN2O/c14-12-6-2-1-5-11(12)13(17)16-9-7-10-4-3-8-15-10/h1-2,5-6,10,15H,3-4,7-9H2,(H,16,17)/t10-/m0/s1. The summed E-state index contributed by atoms with van der Waals surface area (Å²) in [5.74, 6) is 0.0352. The van der Waals surface area contributed by atoms with Crippen LogP contribution in [-0.2, 0) is 0 Å². The van der Waals surface area contributed by atoms with Crippen LogP contribution < -0.4 is 10.6 Å². The largest absolute Gasteiger partial charge is 0.352 e. The molecule has 0 bridgehead atoms. The number of carbonyl (C=O) groups is 1. The van der Waals surface area contributed by atoms with Crippen molar-refractivity contribution in [2.45, 2.75) is 25.3 Å². The van der Waals surface area contributed by atoms with Crippen molar-refractivity contribution in [2.24, 2.45) is 0 Å². The molecule has 1 aromatic rings. The predicted molar refractivity (Wildman–Crippen MR) is 77.1 cm³/mol. The van der Waals surface area contributed by atoms with E-state index in [0.29, 0.717) is 6.04 Å². The third kappa shape index (κ3) is 3.67. The SMILES string of the molecule is O=C(NCC[C@@H]1CCCN1)c1ccccc1I. The van der Waals surface area contributed by atoms with Gasteiger partial charge in [-0.1, -0.05) is 12.1 Å². The van der Waals surface area contributed by atoms with Crippen LogP contribution in [0.4, 0.5) is 0 Å². The summed E-state index contributed by atoms with van der Waals surface area (Å²) in [6.07, 6.45) is 3.52. The molecule has 17 heavy (non-hydrogen) atoms. The maximum atomic E-state index is 11.9. The van der Waals surface area contributed by atoms with Gasteiger partial charge in [0.15, 0.2) is 0 Å². The number of amides is 1. The van der Waals surface area contributed by atoms with Gasteiger partial charge in [0, 0.05) is 16.2 Å². The third-order valence-electron chi connectivity index (χ3n) is 3.06. The van der Waals surface area contributed by atoms with Crippen LogP contribution in [0.1, 0.15) is 29.6 Å². The number of hydrogen-bond acceptors (Lipinski definition) is 2. The van der Waals surface area contributed by atoms with Crippen molar-refractivity contribution >= 4 is 28.5 Å². The molecule has 4 heteroatoms. The zero-order chi connectivity index (χ0) is 12.1. The van der Waals surface area contributed by atoms with Crippen LogP contribution in [0.3, 0.4) is 0 Å². The van der Waals surface area contributed by atoms with Gasteiger partial charge in [0.2, 0.25) is 0 Å². The highest BCUT2D eigenvalue weighted by molar-refractivity contribution is 14.1. The molecule has 1 amide bonds. The van der Waals surface area contributed by atoms with Crippen LogP contribution >= 0.6 is 22.6 Å². The normalized spacial score (nSPS) is 19.2. The lowest BCUT2D eigenvalue weighted by molar-refractivity contribution is 0.0951. The summed E-state index contributed by atoms with van der Waals surface area (Å²) in [6.45, 7) is 1.87. The second-order valence-electron chi connectivity index (χ2n) is 4.32. The number of benzene rings is 1. The Hall–Kier alpha value is -0.620. The molecule has 0 radical (unpaired) electrons. The fraction of sp³-hybridized carbons (Fsp3) is 0.462. The molecule has 1 saturated heterocycles. The molecule has 0 unspecified atom stereocenters. The summed E-state index contributed by atoms with van der Waals surface area (Å²) in [5, 5.41) is 6.41. The topological polar surface area (TPSA) is 41.1 Å². The first kappa shape index (κ1) is 12.8. The highest BCUT2D eigenvalue weighted by atomic mass is 127. The number of rotatable bonds is 4. The molecule has 1 atom stereocenters. The predicted octanol–water partition coefficient (Wildman–Crippen LogP) is 2.16. The molecule has 1 aliphatic heterocycles. The maximum absolute atomic E-state index is 11.9. The fourth-order valence-electron chi connectivity index (χ4n) is 2.10. The van der Waals surface area contributed by atoms with E-state index in [1.807, 2.05) is 24.3 Å². The molecule has 1 aliphatic rings. The molecule has 92 valence electrons. The molecule has 0 spiro atoms. The molecule has 2 N–H and O–H groups in total. The molecule has 1 aromatic carbocycles. The summed E-state index contributed by atoms with van der Waals surface area (Å²) in [5.41, 5.74) is 0.771. The Kier molecular flexibility index (Phi) is 4.79. The van der Waals surface area contributed by atoms with E-state index in [9.17, 15) is 4.79 Å². The summed E-state index contributed by atoms with van der Waals surface area (Å²) >= 11 is 2.19. The average molecular weight is 344 g/mol. The van der Waals surface area contributed by atoms with Gasteiger partial charge in [0.05, 0.1) is 5.56 Å². The van der Waals surface area contributed by atoms with Gasteiger partial charge in [-0.15, -0.1) is 0 Å². The molecule has 3 nitrogen and oxygen atoms in total. The zero-order valence-corrected chi connectivity index (χ0v) is 11.9. The van der Waals surface area contributed by atoms with Crippen molar-refractivity contribution in [3.8, 4) is 0 Å². The number of carbonyl (C=O) groups excluding carboxylic acids is 1. The minimum atomic E-state index is 0.0352. The van der Waals surface area contributed by atoms with Gasteiger partial charge >= 0.3 is 0 Å². The summed E-state index contributed by atoms with van der Waals surface area (Å²) in [7, 11) is 0. The highest BCUT2D eigenvalue weighted by Crippen LogP contribution is 2.11. The van der Waals surface area contributed by atoms with E-state index in [1.165, 1.54) is 12.8 Å². The van der Waals surface area contributed by atoms with Crippen LogP contribution in [0, 0.1) is 3.57 Å². The Morgan fingerprint density at radius 2 is 2.29 bits per heavy atom. The van der Waals surface area contributed by atoms with E-state index in [-0.39, 0.29) is 5.91 Å². The van der Waals surface area contributed by atoms with E-state index < -0.39 is 0 Å². The van der Waals surface area contributed by atoms with Crippen LogP contribution in [0.25, 0.3) is 0 Å². The van der Waals surface area contributed by atoms with Gasteiger partial charge in [-0.25, -0.2) is 0 Å². The van der Waals surface area contributed by atoms with Gasteiger partial charge in [0.1, 0.15) is 0 Å². The average Bonchev–Trinajstić information content (AvgIpc) is 2.82. The Bertz CT molecular complexity index is 389. The van der Waals surface area contributed by atoms with Crippen molar-refractivity contribution < 1.29 is 4.79 Å². The van der Waals surface area contributed by atoms with Crippen molar-refractivity contribution in [1.29, 1.82) is 0 Å². The lowest BCUT2D eigenvalue weighted by atomic mass is 10.1. The highest BCUT2D eigenvalue weighted by Gasteiger charge is 2.14. The van der Waals surface area contributed by atoms with Crippen molar-refractivity contribution in [2.75, 3.05) is 13.1 Å². The number of hydrogen-bond donors (Lipinski definition) is 2. The molecule has 0 aromatic heterocycles. The molecule has 1 heterocycles. The van der Waals surface area contributed by atoms with Crippen molar-refractivity contribution in [3.05, 3.63) is 33.4 Å². The van der Waals surface area contributed by atoms with Crippen LogP contribution in [0.5, 0.6) is 0 Å². The molecule has 0 aliphatic carbocycles. The van der Waals surface area contributed by atoms with Crippen LogP contribution in [0.2, 0.25) is 0 Å². The Labute approximate surface area is 116 Å². The maximum Gasteiger partial charge on any atom is 0.252 e. The molecular formula is C13H17IN2O. The monoisotopic (exact) mass is 344 g/mol. The summed E-state index contributed by atoms with van der Waals surface area (Å²) in [6, 6.07) is 8.25. The quantitative estimate of drug-likeness (QED) is 0.822. The van der Waals surface area contributed by atoms with Gasteiger partial charge in [-0.3, -0.25) is 4.79 Å². The molecule has 2 rings (SSSR count). The van der Waals surface area contributed by atoms with E-state index >= 15 is 0 Å². The minimum absolute atomic E-state index is 0.0352. The van der Waals surface area contributed by atoms with Gasteiger partial charge < -0.3 is 10.6 Å². The summed E-state index contributed by atoms with van der Waals surface area (Å²) in [4.78, 5) is 11.9. The Morgan fingerprint density at radius 3 is 3.00 bits per heavy atom. The first-order valence-corrected chi connectivity index (χ1v) is 7.11. The van der Waals surface area contributed by atoms with Crippen molar-refractivity contribution in [1.82, 2.24) is 10.6 Å². The van der Waals surface area contributed by atoms with Gasteiger partial charge in [0.25, 0.3) is 5.91 Å². The second kappa shape index (κ2) is 6.35. The minimum Gasteiger partial charge on any atom is -0.352 e. The van der Waals surface area contributed by atoms with Crippen molar-refractivity contribution in [3.63, 3.8) is 0 Å². The van der Waals surface area contributed by atoms with E-state index in [1.54, 1.807) is 0 Å². The van der Waals surface area contributed by atoms with Crippen LogP contribution in [-0.4, -0.2) is 25.0 Å². The first-order chi connectivity index (χ1) is 8.27. The van der Waals surface area contributed by atoms with Gasteiger partial charge in [-0.05, 0) is 60.5 Å². The molecular weight excluding hydrogens is 327 g/mol. The Balaban J connectivity index is 1.79. The molecule has 1 fully saturated rings. The lowest BCUT2D eigenvalue weighted by Gasteiger charge is -2.11. The Morgan fingerprint density at radius 1 is 1.47 bits per heavy atom. The van der Waals surface area contributed by atoms with Gasteiger partial charge in [-0.2, -0.15) is 0 Å². The molecule has 0 saturated carbocycles. The first-order valence-electron chi connectivity index (χ1n) is 6.03. The number of halogens is 1. The lowest BCUT2D eigenvalue weighted by Crippen LogP contribution is -2.30. The third-order valence-corrected chi connectivity index (χ3v) is 4.00. The van der Waals surface area contributed by atoms with E-state index in [4.69, 9.17) is 0 Å². The second-order valence-corrected chi connectivity index (χ2v) is 5.48. The smallest absolute Gasteiger partial charge is 0.252 e.